The van der Waals surface area contributed by atoms with Crippen LogP contribution in [0.5, 0.6) is 0 Å². The summed E-state index contributed by atoms with van der Waals surface area (Å²) < 4.78 is 44.2. The molecular formula is C32H30BrF3N6OS. The van der Waals surface area contributed by atoms with Crippen LogP contribution in [0.1, 0.15) is 41.3 Å². The first kappa shape index (κ1) is 32.7. The third-order valence-corrected chi connectivity index (χ3v) is 7.78. The van der Waals surface area contributed by atoms with E-state index in [0.29, 0.717) is 29.9 Å². The number of benzene rings is 3. The van der Waals surface area contributed by atoms with E-state index in [-0.39, 0.29) is 36.1 Å². The molecule has 0 aliphatic rings. The highest BCUT2D eigenvalue weighted by molar-refractivity contribution is 9.10. The molecule has 1 atom stereocenters. The summed E-state index contributed by atoms with van der Waals surface area (Å²) in [5, 5.41) is 15.4. The fraction of sp³-hybridized carbons (Fsp3) is 0.250. The first-order valence-electron chi connectivity index (χ1n) is 13.8. The van der Waals surface area contributed by atoms with Gasteiger partial charge in [0.05, 0.1) is 29.9 Å². The average molecular weight is 684 g/mol. The molecule has 3 aromatic carbocycles. The summed E-state index contributed by atoms with van der Waals surface area (Å²) in [5.41, 5.74) is 2.23. The molecule has 0 bridgehead atoms. The summed E-state index contributed by atoms with van der Waals surface area (Å²) in [7, 11) is 0. The Labute approximate surface area is 267 Å². The second-order valence-corrected chi connectivity index (χ2v) is 11.4. The number of carbonyl (C=O) groups excluding carboxylic acids is 1. The molecule has 0 saturated heterocycles. The molecular weight excluding hydrogens is 653 g/mol. The van der Waals surface area contributed by atoms with Crippen LogP contribution in [-0.2, 0) is 30.5 Å². The minimum atomic E-state index is -4.53. The molecule has 228 valence electrons. The Morgan fingerprint density at radius 3 is 2.57 bits per heavy atom. The SMILES string of the molecule is CC[C@@H](CN(Cc1ccccc1C(F)(F)F)C(=S)Nc1cccc(Br)c1)NC(=O)Cc1cncn1Cc1ccc(C#N)cc1. The summed E-state index contributed by atoms with van der Waals surface area (Å²) in [5.74, 6) is -0.250. The van der Waals surface area contributed by atoms with Crippen molar-refractivity contribution in [1.29, 1.82) is 5.26 Å². The Morgan fingerprint density at radius 1 is 1.14 bits per heavy atom. The van der Waals surface area contributed by atoms with E-state index in [1.165, 1.54) is 12.1 Å². The van der Waals surface area contributed by atoms with Crippen molar-refractivity contribution in [1.82, 2.24) is 19.8 Å². The molecule has 4 aromatic rings. The van der Waals surface area contributed by atoms with Crippen molar-refractivity contribution < 1.29 is 18.0 Å². The first-order chi connectivity index (χ1) is 21.0. The second-order valence-electron chi connectivity index (χ2n) is 10.1. The van der Waals surface area contributed by atoms with Crippen LogP contribution in [-0.4, -0.2) is 38.1 Å². The number of alkyl halides is 3. The number of amides is 1. The zero-order valence-corrected chi connectivity index (χ0v) is 26.2. The Bertz CT molecular complexity index is 1630. The highest BCUT2D eigenvalue weighted by Gasteiger charge is 2.33. The number of imidazole rings is 1. The number of nitrogens with one attached hydrogen (secondary N) is 2. The smallest absolute Gasteiger partial charge is 0.351 e. The fourth-order valence-electron chi connectivity index (χ4n) is 4.63. The van der Waals surface area contributed by atoms with Crippen LogP contribution in [0.2, 0.25) is 0 Å². The van der Waals surface area contributed by atoms with E-state index in [2.05, 4.69) is 37.6 Å². The molecule has 1 heterocycles. The Hall–Kier alpha value is -4.21. The van der Waals surface area contributed by atoms with Crippen molar-refractivity contribution in [2.45, 2.75) is 45.1 Å². The Morgan fingerprint density at radius 2 is 1.89 bits per heavy atom. The Kier molecular flexibility index (Phi) is 11.1. The monoisotopic (exact) mass is 682 g/mol. The van der Waals surface area contributed by atoms with Crippen LogP contribution >= 0.6 is 28.1 Å². The van der Waals surface area contributed by atoms with Crippen LogP contribution in [0, 0.1) is 11.3 Å². The molecule has 12 heteroatoms. The fourth-order valence-corrected chi connectivity index (χ4v) is 5.29. The van der Waals surface area contributed by atoms with E-state index in [1.807, 2.05) is 41.8 Å². The summed E-state index contributed by atoms with van der Waals surface area (Å²) >= 11 is 9.10. The van der Waals surface area contributed by atoms with Crippen LogP contribution in [0.3, 0.4) is 0 Å². The van der Waals surface area contributed by atoms with Crippen LogP contribution in [0.15, 0.2) is 89.8 Å². The molecule has 0 saturated carbocycles. The van der Waals surface area contributed by atoms with Gasteiger partial charge in [-0.25, -0.2) is 4.98 Å². The number of thiocarbonyl (C=S) groups is 1. The van der Waals surface area contributed by atoms with Crippen LogP contribution in [0.25, 0.3) is 0 Å². The number of aromatic nitrogens is 2. The zero-order chi connectivity index (χ0) is 31.7. The average Bonchev–Trinajstić information content (AvgIpc) is 3.42. The lowest BCUT2D eigenvalue weighted by Gasteiger charge is -2.31. The summed E-state index contributed by atoms with van der Waals surface area (Å²) in [6.07, 6.45) is -0.677. The molecule has 0 aliphatic carbocycles. The summed E-state index contributed by atoms with van der Waals surface area (Å²) in [4.78, 5) is 19.0. The molecule has 0 unspecified atom stereocenters. The first-order valence-corrected chi connectivity index (χ1v) is 15.0. The quantitative estimate of drug-likeness (QED) is 0.167. The minimum Gasteiger partial charge on any atom is -0.351 e. The van der Waals surface area contributed by atoms with Gasteiger partial charge in [0.2, 0.25) is 5.91 Å². The van der Waals surface area contributed by atoms with E-state index in [0.717, 1.165) is 16.1 Å². The number of carbonyl (C=O) groups is 1. The lowest BCUT2D eigenvalue weighted by atomic mass is 10.1. The Balaban J connectivity index is 1.48. The third-order valence-electron chi connectivity index (χ3n) is 6.92. The van der Waals surface area contributed by atoms with Gasteiger partial charge in [0, 0.05) is 47.7 Å². The van der Waals surface area contributed by atoms with Crippen LogP contribution < -0.4 is 10.6 Å². The molecule has 1 aromatic heterocycles. The predicted octanol–water partition coefficient (Wildman–Crippen LogP) is 6.92. The second kappa shape index (κ2) is 15.0. The lowest BCUT2D eigenvalue weighted by molar-refractivity contribution is -0.138. The van der Waals surface area contributed by atoms with E-state index >= 15 is 0 Å². The van der Waals surface area contributed by atoms with E-state index in [9.17, 15) is 18.0 Å². The number of nitrogens with zero attached hydrogens (tertiary/aromatic N) is 4. The minimum absolute atomic E-state index is 0.0599. The highest BCUT2D eigenvalue weighted by Crippen LogP contribution is 2.32. The van der Waals surface area contributed by atoms with Gasteiger partial charge in [0.1, 0.15) is 0 Å². The molecule has 44 heavy (non-hydrogen) atoms. The van der Waals surface area contributed by atoms with Crippen LogP contribution in [0.4, 0.5) is 18.9 Å². The normalized spacial score (nSPS) is 11.8. The number of nitriles is 1. The van der Waals surface area contributed by atoms with Gasteiger partial charge < -0.3 is 20.1 Å². The molecule has 7 nitrogen and oxygen atoms in total. The van der Waals surface area contributed by atoms with Crippen molar-refractivity contribution in [3.63, 3.8) is 0 Å². The van der Waals surface area contributed by atoms with E-state index < -0.39 is 17.8 Å². The summed E-state index contributed by atoms with van der Waals surface area (Å²) in [6, 6.07) is 21.6. The van der Waals surface area contributed by atoms with Crippen molar-refractivity contribution in [2.75, 3.05) is 11.9 Å². The topological polar surface area (TPSA) is 86.0 Å². The zero-order valence-electron chi connectivity index (χ0n) is 23.8. The van der Waals surface area contributed by atoms with E-state index in [1.54, 1.807) is 41.7 Å². The third kappa shape index (κ3) is 9.14. The van der Waals surface area contributed by atoms with E-state index in [4.69, 9.17) is 17.5 Å². The standard InChI is InChI=1S/C32H30BrF3N6OS/c1-2-26(39-30(43)15-28-17-38-21-42(28)18-23-12-10-22(16-37)11-13-23)20-41(31(44)40-27-8-5-7-25(33)14-27)19-24-6-3-4-9-29(24)32(34,35)36/h3-14,17,21,26H,2,15,18-20H2,1H3,(H,39,43)(H,40,44)/t26-/m0/s1. The van der Waals surface area contributed by atoms with Crippen molar-refractivity contribution >= 4 is 44.9 Å². The molecule has 0 aliphatic heterocycles. The molecule has 0 spiro atoms. The number of hydrogen-bond acceptors (Lipinski definition) is 4. The number of hydrogen-bond donors (Lipinski definition) is 2. The maximum absolute atomic E-state index is 13.8. The molecule has 2 N–H and O–H groups in total. The highest BCUT2D eigenvalue weighted by atomic mass is 79.9. The summed E-state index contributed by atoms with van der Waals surface area (Å²) in [6.45, 7) is 2.44. The lowest BCUT2D eigenvalue weighted by Crippen LogP contribution is -2.47. The maximum Gasteiger partial charge on any atom is 0.416 e. The van der Waals surface area contributed by atoms with Crippen molar-refractivity contribution in [2.24, 2.45) is 0 Å². The van der Waals surface area contributed by atoms with Gasteiger partial charge in [-0.3, -0.25) is 4.79 Å². The van der Waals surface area contributed by atoms with Gasteiger partial charge >= 0.3 is 6.18 Å². The maximum atomic E-state index is 13.8. The van der Waals surface area contributed by atoms with Gasteiger partial charge in [-0.2, -0.15) is 18.4 Å². The van der Waals surface area contributed by atoms with Gasteiger partial charge in [0.25, 0.3) is 0 Å². The number of anilines is 1. The van der Waals surface area contributed by atoms with Gasteiger partial charge in [-0.15, -0.1) is 0 Å². The van der Waals surface area contributed by atoms with Gasteiger partial charge in [-0.1, -0.05) is 59.3 Å². The van der Waals surface area contributed by atoms with Gasteiger partial charge in [-0.05, 0) is 66.2 Å². The molecule has 1 amide bonds. The predicted molar refractivity (Wildman–Crippen MR) is 171 cm³/mol. The molecule has 0 radical (unpaired) electrons. The van der Waals surface area contributed by atoms with Gasteiger partial charge in [0.15, 0.2) is 5.11 Å². The van der Waals surface area contributed by atoms with Crippen molar-refractivity contribution in [3.8, 4) is 6.07 Å². The molecule has 4 rings (SSSR count). The molecule has 0 fully saturated rings. The largest absolute Gasteiger partial charge is 0.416 e. The van der Waals surface area contributed by atoms with Crippen molar-refractivity contribution in [3.05, 3.63) is 118 Å². The number of halogens is 4. The number of rotatable bonds is 11.